The quantitative estimate of drug-likeness (QED) is 0.747. The Morgan fingerprint density at radius 1 is 1.04 bits per heavy atom. The number of aromatic nitrogens is 2. The molecule has 6 heteroatoms. The largest absolute Gasteiger partial charge is 0.496 e. The summed E-state index contributed by atoms with van der Waals surface area (Å²) >= 11 is 6.12. The van der Waals surface area contributed by atoms with Gasteiger partial charge >= 0.3 is 0 Å². The van der Waals surface area contributed by atoms with Crippen molar-refractivity contribution in [2.75, 3.05) is 7.11 Å². The van der Waals surface area contributed by atoms with Gasteiger partial charge in [0.25, 0.3) is 5.89 Å². The standard InChI is InChI=1S/C17H16ClN3O2/c1-22-15-9-5-3-7-13(15)17-21-20-16(23-17)11-19-10-12-6-2-4-8-14(12)18/h2-9,19H,10-11H2,1H3. The molecule has 1 N–H and O–H groups in total. The first kappa shape index (κ1) is 15.5. The van der Waals surface area contributed by atoms with Crippen molar-refractivity contribution in [3.8, 4) is 17.2 Å². The summed E-state index contributed by atoms with van der Waals surface area (Å²) in [5.74, 6) is 1.65. The third-order valence-corrected chi connectivity index (χ3v) is 3.72. The Labute approximate surface area is 139 Å². The fourth-order valence-electron chi connectivity index (χ4n) is 2.20. The molecule has 0 radical (unpaired) electrons. The average molecular weight is 330 g/mol. The number of nitrogens with zero attached hydrogens (tertiary/aromatic N) is 2. The van der Waals surface area contributed by atoms with Gasteiger partial charge in [0.05, 0.1) is 19.2 Å². The summed E-state index contributed by atoms with van der Waals surface area (Å²) in [6, 6.07) is 15.2. The predicted molar refractivity (Wildman–Crippen MR) is 88.3 cm³/mol. The minimum atomic E-state index is 0.442. The van der Waals surface area contributed by atoms with E-state index in [1.54, 1.807) is 7.11 Å². The molecule has 0 aliphatic heterocycles. The maximum Gasteiger partial charge on any atom is 0.251 e. The van der Waals surface area contributed by atoms with Crippen molar-refractivity contribution in [2.45, 2.75) is 13.1 Å². The van der Waals surface area contributed by atoms with Crippen molar-refractivity contribution in [3.63, 3.8) is 0 Å². The SMILES string of the molecule is COc1ccccc1-c1nnc(CNCc2ccccc2Cl)o1. The van der Waals surface area contributed by atoms with Crippen molar-refractivity contribution >= 4 is 11.6 Å². The van der Waals surface area contributed by atoms with E-state index in [4.69, 9.17) is 20.8 Å². The van der Waals surface area contributed by atoms with E-state index in [9.17, 15) is 0 Å². The van der Waals surface area contributed by atoms with Crippen LogP contribution in [0.2, 0.25) is 5.02 Å². The van der Waals surface area contributed by atoms with Crippen LogP contribution in [0.15, 0.2) is 52.9 Å². The smallest absolute Gasteiger partial charge is 0.251 e. The van der Waals surface area contributed by atoms with E-state index in [1.807, 2.05) is 48.5 Å². The molecule has 0 amide bonds. The number of halogens is 1. The molecule has 1 heterocycles. The zero-order valence-electron chi connectivity index (χ0n) is 12.6. The first-order valence-electron chi connectivity index (χ1n) is 7.18. The lowest BCUT2D eigenvalue weighted by atomic mass is 10.2. The van der Waals surface area contributed by atoms with Gasteiger partial charge in [-0.15, -0.1) is 10.2 Å². The van der Waals surface area contributed by atoms with Gasteiger partial charge in [0.15, 0.2) is 0 Å². The van der Waals surface area contributed by atoms with Gasteiger partial charge in [0, 0.05) is 11.6 Å². The summed E-state index contributed by atoms with van der Waals surface area (Å²) in [6.45, 7) is 1.10. The van der Waals surface area contributed by atoms with E-state index in [2.05, 4.69) is 15.5 Å². The van der Waals surface area contributed by atoms with Crippen molar-refractivity contribution < 1.29 is 9.15 Å². The third-order valence-electron chi connectivity index (χ3n) is 3.35. The van der Waals surface area contributed by atoms with Crippen LogP contribution in [-0.2, 0) is 13.1 Å². The highest BCUT2D eigenvalue weighted by molar-refractivity contribution is 6.31. The maximum atomic E-state index is 6.12. The molecule has 5 nitrogen and oxygen atoms in total. The first-order chi connectivity index (χ1) is 11.3. The van der Waals surface area contributed by atoms with Gasteiger partial charge < -0.3 is 14.5 Å². The minimum Gasteiger partial charge on any atom is -0.496 e. The summed E-state index contributed by atoms with van der Waals surface area (Å²) in [6.07, 6.45) is 0. The van der Waals surface area contributed by atoms with Gasteiger partial charge in [-0.1, -0.05) is 41.9 Å². The third kappa shape index (κ3) is 3.70. The molecule has 3 aromatic rings. The summed E-state index contributed by atoms with van der Waals surface area (Å²) in [7, 11) is 1.61. The molecule has 0 aliphatic carbocycles. The average Bonchev–Trinajstić information content (AvgIpc) is 3.05. The highest BCUT2D eigenvalue weighted by Gasteiger charge is 2.12. The number of hydrogen-bond acceptors (Lipinski definition) is 5. The first-order valence-corrected chi connectivity index (χ1v) is 7.55. The van der Waals surface area contributed by atoms with Gasteiger partial charge in [-0.05, 0) is 23.8 Å². The van der Waals surface area contributed by atoms with Gasteiger partial charge in [-0.25, -0.2) is 0 Å². The molecule has 2 aromatic carbocycles. The number of benzene rings is 2. The summed E-state index contributed by atoms with van der Waals surface area (Å²) in [5.41, 5.74) is 1.80. The monoisotopic (exact) mass is 329 g/mol. The molecule has 23 heavy (non-hydrogen) atoms. The Kier molecular flexibility index (Phi) is 4.90. The van der Waals surface area contributed by atoms with Crippen LogP contribution in [0.1, 0.15) is 11.5 Å². The lowest BCUT2D eigenvalue weighted by molar-refractivity contribution is 0.413. The van der Waals surface area contributed by atoms with Crippen LogP contribution in [0.25, 0.3) is 11.5 Å². The van der Waals surface area contributed by atoms with Crippen molar-refractivity contribution in [2.24, 2.45) is 0 Å². The second-order valence-electron chi connectivity index (χ2n) is 4.90. The molecule has 118 valence electrons. The highest BCUT2D eigenvalue weighted by Crippen LogP contribution is 2.28. The van der Waals surface area contributed by atoms with Gasteiger partial charge in [0.2, 0.25) is 5.89 Å². The van der Waals surface area contributed by atoms with Gasteiger partial charge in [0.1, 0.15) is 5.75 Å². The molecular weight excluding hydrogens is 314 g/mol. The van der Waals surface area contributed by atoms with Crippen LogP contribution in [-0.4, -0.2) is 17.3 Å². The van der Waals surface area contributed by atoms with Gasteiger partial charge in [-0.2, -0.15) is 0 Å². The molecule has 0 saturated carbocycles. The molecule has 0 aliphatic rings. The van der Waals surface area contributed by atoms with E-state index in [1.165, 1.54) is 0 Å². The number of ether oxygens (including phenoxy) is 1. The van der Waals surface area contributed by atoms with Crippen LogP contribution >= 0.6 is 11.6 Å². The molecule has 0 bridgehead atoms. The molecule has 0 spiro atoms. The Hall–Kier alpha value is -2.37. The molecule has 1 aromatic heterocycles. The maximum absolute atomic E-state index is 6.12. The Bertz CT molecular complexity index is 789. The van der Waals surface area contributed by atoms with E-state index >= 15 is 0 Å². The van der Waals surface area contributed by atoms with Gasteiger partial charge in [-0.3, -0.25) is 0 Å². The van der Waals surface area contributed by atoms with E-state index in [-0.39, 0.29) is 0 Å². The number of para-hydroxylation sites is 1. The highest BCUT2D eigenvalue weighted by atomic mass is 35.5. The molecule has 3 rings (SSSR count). The van der Waals surface area contributed by atoms with E-state index < -0.39 is 0 Å². The molecular formula is C17H16ClN3O2. The van der Waals surface area contributed by atoms with Crippen molar-refractivity contribution in [1.82, 2.24) is 15.5 Å². The second-order valence-corrected chi connectivity index (χ2v) is 5.30. The zero-order valence-corrected chi connectivity index (χ0v) is 13.4. The number of methoxy groups -OCH3 is 1. The van der Waals surface area contributed by atoms with Crippen molar-refractivity contribution in [1.29, 1.82) is 0 Å². The summed E-state index contributed by atoms with van der Waals surface area (Å²) < 4.78 is 11.0. The lowest BCUT2D eigenvalue weighted by Crippen LogP contribution is -2.13. The normalized spacial score (nSPS) is 10.7. The van der Waals surface area contributed by atoms with E-state index in [0.717, 1.165) is 16.1 Å². The zero-order chi connectivity index (χ0) is 16.1. The summed E-state index contributed by atoms with van der Waals surface area (Å²) in [4.78, 5) is 0. The Morgan fingerprint density at radius 3 is 2.65 bits per heavy atom. The molecule has 0 atom stereocenters. The summed E-state index contributed by atoms with van der Waals surface area (Å²) in [5, 5.41) is 12.1. The Balaban J connectivity index is 1.65. The number of rotatable bonds is 6. The lowest BCUT2D eigenvalue weighted by Gasteiger charge is -2.04. The number of nitrogens with one attached hydrogen (secondary N) is 1. The van der Waals surface area contributed by atoms with Crippen molar-refractivity contribution in [3.05, 3.63) is 65.0 Å². The van der Waals surface area contributed by atoms with Crippen LogP contribution in [0.5, 0.6) is 5.75 Å². The number of hydrogen-bond donors (Lipinski definition) is 1. The topological polar surface area (TPSA) is 60.2 Å². The minimum absolute atomic E-state index is 0.442. The Morgan fingerprint density at radius 2 is 1.83 bits per heavy atom. The van der Waals surface area contributed by atoms with Crippen LogP contribution < -0.4 is 10.1 Å². The predicted octanol–water partition coefficient (Wildman–Crippen LogP) is 3.69. The van der Waals surface area contributed by atoms with Crippen LogP contribution in [0.4, 0.5) is 0 Å². The van der Waals surface area contributed by atoms with E-state index in [0.29, 0.717) is 30.6 Å². The van der Waals surface area contributed by atoms with Crippen LogP contribution in [0.3, 0.4) is 0 Å². The second kappa shape index (κ2) is 7.26. The molecule has 0 unspecified atom stereocenters. The fourth-order valence-corrected chi connectivity index (χ4v) is 2.40. The molecule has 0 saturated heterocycles. The van der Waals surface area contributed by atoms with Crippen LogP contribution in [0, 0.1) is 0 Å². The fraction of sp³-hybridized carbons (Fsp3) is 0.176. The molecule has 0 fully saturated rings.